The number of aliphatic imine (C=N–C) groups is 2. The number of rotatable bonds is 11. The average molecular weight is 674 g/mol. The van der Waals surface area contributed by atoms with E-state index in [1.54, 1.807) is 24.8 Å². The number of alkyl halides is 1. The molecule has 4 aliphatic heterocycles. The molecule has 5 aliphatic rings. The summed E-state index contributed by atoms with van der Waals surface area (Å²) in [5.41, 5.74) is 5.94. The van der Waals surface area contributed by atoms with Crippen molar-refractivity contribution in [2.75, 3.05) is 19.6 Å². The molecule has 5 heterocycles. The number of nitrogens with one attached hydrogen (secondary N) is 1. The van der Waals surface area contributed by atoms with Crippen molar-refractivity contribution >= 4 is 34.9 Å². The molecule has 1 saturated carbocycles. The first-order valence-corrected chi connectivity index (χ1v) is 18.2. The highest BCUT2D eigenvalue weighted by molar-refractivity contribution is 8.03. The van der Waals surface area contributed by atoms with Gasteiger partial charge in [0.1, 0.15) is 23.9 Å². The second-order valence-electron chi connectivity index (χ2n) is 13.4. The van der Waals surface area contributed by atoms with E-state index in [2.05, 4.69) is 45.4 Å². The maximum Gasteiger partial charge on any atom is 0.124 e. The molecule has 4 unspecified atom stereocenters. The standard InChI is InChI=1S/C38H42ClF2N5S/c1-23-7-6-18-47-37(23)38-45-36(28-12-11-27(41)21-30(28)39)35(33-10-5-9-31(44-33)24(2)40)34-19-25(22-46(34)38)13-16-42-17-14-26-20-29(26)32-8-3-4-15-43-32/h3-6,8,10-12,15,18,21,24-26,29,31,36-37,42H,1,7,9,13-14,16-17,19-20,22H2,2H3/t24?,25-,26?,29+,31?,36-,37?/m0/s1. The Balaban J connectivity index is 1.14. The Morgan fingerprint density at radius 3 is 2.81 bits per heavy atom. The zero-order valence-electron chi connectivity index (χ0n) is 26.8. The van der Waals surface area contributed by atoms with E-state index in [0.717, 1.165) is 73.1 Å². The topological polar surface area (TPSA) is 52.9 Å². The highest BCUT2D eigenvalue weighted by atomic mass is 35.5. The minimum absolute atomic E-state index is 0.00295. The number of dihydropyridines is 1. The van der Waals surface area contributed by atoms with Crippen molar-refractivity contribution in [3.63, 3.8) is 0 Å². The number of benzene rings is 1. The van der Waals surface area contributed by atoms with E-state index in [9.17, 15) is 8.78 Å². The fourth-order valence-corrected chi connectivity index (χ4v) is 8.67. The first kappa shape index (κ1) is 32.5. The zero-order chi connectivity index (χ0) is 32.5. The van der Waals surface area contributed by atoms with Crippen LogP contribution in [0.5, 0.6) is 0 Å². The molecule has 2 aromatic rings. The SMILES string of the molecule is C=C1CC=CSC1C1=N[C@@H](c2ccc(F)cc2Cl)C(C2=NC(C(C)F)CC=C2)=C2C[C@H](CCNCCC3C[C@H]3c3ccccn3)CN12. The zero-order valence-corrected chi connectivity index (χ0v) is 28.4. The van der Waals surface area contributed by atoms with E-state index in [4.69, 9.17) is 21.6 Å². The van der Waals surface area contributed by atoms with Crippen molar-refractivity contribution in [2.45, 2.75) is 74.9 Å². The number of aromatic nitrogens is 1. The molecule has 246 valence electrons. The highest BCUT2D eigenvalue weighted by Crippen LogP contribution is 2.49. The molecule has 2 fully saturated rings. The monoisotopic (exact) mass is 673 g/mol. The molecule has 5 nitrogen and oxygen atoms in total. The molecule has 0 bridgehead atoms. The normalized spacial score (nSPS) is 29.1. The molecule has 1 aromatic carbocycles. The molecule has 1 aromatic heterocycles. The van der Waals surface area contributed by atoms with E-state index in [1.165, 1.54) is 36.4 Å². The summed E-state index contributed by atoms with van der Waals surface area (Å²) < 4.78 is 28.9. The van der Waals surface area contributed by atoms with Crippen molar-refractivity contribution in [1.82, 2.24) is 15.2 Å². The maximum absolute atomic E-state index is 14.6. The minimum atomic E-state index is -1.07. The third-order valence-corrected chi connectivity index (χ3v) is 11.6. The quantitative estimate of drug-likeness (QED) is 0.191. The molecular formula is C38H42ClF2N5S. The molecule has 0 amide bonds. The molecule has 1 N–H and O–H groups in total. The lowest BCUT2D eigenvalue weighted by atomic mass is 9.88. The number of nitrogens with zero attached hydrogens (tertiary/aromatic N) is 4. The van der Waals surface area contributed by atoms with Gasteiger partial charge in [0, 0.05) is 46.2 Å². The van der Waals surface area contributed by atoms with Gasteiger partial charge in [-0.25, -0.2) is 8.78 Å². The van der Waals surface area contributed by atoms with E-state index in [1.807, 2.05) is 24.4 Å². The first-order chi connectivity index (χ1) is 22.9. The molecule has 0 spiro atoms. The van der Waals surface area contributed by atoms with Gasteiger partial charge in [-0.2, -0.15) is 0 Å². The molecule has 7 atom stereocenters. The van der Waals surface area contributed by atoms with Crippen LogP contribution in [0.15, 0.2) is 99.6 Å². The number of halogens is 3. The van der Waals surface area contributed by atoms with Gasteiger partial charge in [-0.05, 0) is 106 Å². The van der Waals surface area contributed by atoms with E-state index < -0.39 is 18.3 Å². The van der Waals surface area contributed by atoms with Crippen LogP contribution < -0.4 is 5.32 Å². The Morgan fingerprint density at radius 2 is 2.02 bits per heavy atom. The van der Waals surface area contributed by atoms with Crippen LogP contribution in [-0.2, 0) is 0 Å². The third kappa shape index (κ3) is 7.06. The van der Waals surface area contributed by atoms with Crippen LogP contribution in [0.2, 0.25) is 5.02 Å². The number of hydrogen-bond acceptors (Lipinski definition) is 6. The summed E-state index contributed by atoms with van der Waals surface area (Å²) in [5.74, 6) is 2.31. The number of hydrogen-bond donors (Lipinski definition) is 1. The summed E-state index contributed by atoms with van der Waals surface area (Å²) in [5, 5.41) is 6.19. The maximum atomic E-state index is 14.6. The van der Waals surface area contributed by atoms with Gasteiger partial charge in [-0.3, -0.25) is 15.0 Å². The number of thioether (sulfide) groups is 1. The van der Waals surface area contributed by atoms with Crippen molar-refractivity contribution < 1.29 is 8.78 Å². The average Bonchev–Trinajstić information content (AvgIpc) is 3.73. The van der Waals surface area contributed by atoms with Crippen molar-refractivity contribution in [2.24, 2.45) is 21.8 Å². The molecule has 0 radical (unpaired) electrons. The van der Waals surface area contributed by atoms with Gasteiger partial charge in [0.25, 0.3) is 0 Å². The van der Waals surface area contributed by atoms with Gasteiger partial charge < -0.3 is 10.2 Å². The van der Waals surface area contributed by atoms with E-state index in [0.29, 0.717) is 23.3 Å². The van der Waals surface area contributed by atoms with Gasteiger partial charge in [0.15, 0.2) is 0 Å². The van der Waals surface area contributed by atoms with Crippen molar-refractivity contribution in [3.05, 3.63) is 112 Å². The van der Waals surface area contributed by atoms with Crippen LogP contribution in [0, 0.1) is 17.7 Å². The summed E-state index contributed by atoms with van der Waals surface area (Å²) in [4.78, 5) is 17.3. The van der Waals surface area contributed by atoms with Crippen LogP contribution in [0.3, 0.4) is 0 Å². The van der Waals surface area contributed by atoms with Gasteiger partial charge in [-0.1, -0.05) is 48.0 Å². The second-order valence-corrected chi connectivity index (χ2v) is 14.9. The fourth-order valence-electron chi connectivity index (χ4n) is 7.43. The number of pyridine rings is 1. The van der Waals surface area contributed by atoms with Gasteiger partial charge in [0.2, 0.25) is 0 Å². The smallest absolute Gasteiger partial charge is 0.124 e. The van der Waals surface area contributed by atoms with Crippen LogP contribution in [-0.4, -0.2) is 58.5 Å². The lowest BCUT2D eigenvalue weighted by Crippen LogP contribution is -2.41. The molecule has 1 aliphatic carbocycles. The van der Waals surface area contributed by atoms with Gasteiger partial charge in [0.05, 0.1) is 17.0 Å². The second kappa shape index (κ2) is 14.2. The molecule has 7 rings (SSSR count). The summed E-state index contributed by atoms with van der Waals surface area (Å²) >= 11 is 8.47. The first-order valence-electron chi connectivity index (χ1n) is 16.9. The van der Waals surface area contributed by atoms with Gasteiger partial charge in [-0.15, -0.1) is 11.8 Å². The predicted molar refractivity (Wildman–Crippen MR) is 190 cm³/mol. The Kier molecular flexibility index (Phi) is 9.81. The Morgan fingerprint density at radius 1 is 1.15 bits per heavy atom. The Bertz CT molecular complexity index is 1650. The van der Waals surface area contributed by atoms with Crippen LogP contribution in [0.4, 0.5) is 8.78 Å². The molecular weight excluding hydrogens is 632 g/mol. The van der Waals surface area contributed by atoms with Crippen molar-refractivity contribution in [1.29, 1.82) is 0 Å². The number of allylic oxidation sites excluding steroid dienone is 3. The largest absolute Gasteiger partial charge is 0.332 e. The summed E-state index contributed by atoms with van der Waals surface area (Å²) in [6.07, 6.45) is 12.6. The van der Waals surface area contributed by atoms with E-state index >= 15 is 0 Å². The Hall–Kier alpha value is -3.07. The van der Waals surface area contributed by atoms with Crippen molar-refractivity contribution in [3.8, 4) is 0 Å². The third-order valence-electron chi connectivity index (χ3n) is 10.1. The molecule has 9 heteroatoms. The van der Waals surface area contributed by atoms with Crippen LogP contribution in [0.1, 0.15) is 68.7 Å². The number of amidine groups is 1. The predicted octanol–water partition coefficient (Wildman–Crippen LogP) is 8.78. The lowest BCUT2D eigenvalue weighted by molar-refractivity contribution is 0.307. The van der Waals surface area contributed by atoms with E-state index in [-0.39, 0.29) is 11.1 Å². The Labute approximate surface area is 286 Å². The summed E-state index contributed by atoms with van der Waals surface area (Å²) in [6.45, 7) is 8.79. The minimum Gasteiger partial charge on any atom is -0.332 e. The van der Waals surface area contributed by atoms with Gasteiger partial charge >= 0.3 is 0 Å². The van der Waals surface area contributed by atoms with Crippen LogP contribution in [0.25, 0.3) is 0 Å². The fraction of sp³-hybridized carbons (Fsp3) is 0.447. The summed E-state index contributed by atoms with van der Waals surface area (Å²) in [6, 6.07) is 9.80. The van der Waals surface area contributed by atoms with Crippen LogP contribution >= 0.6 is 23.4 Å². The molecule has 1 saturated heterocycles. The molecule has 47 heavy (non-hydrogen) atoms. The number of fused-ring (bicyclic) bond motifs is 1. The lowest BCUT2D eigenvalue weighted by Gasteiger charge is -2.38. The summed E-state index contributed by atoms with van der Waals surface area (Å²) in [7, 11) is 0. The highest BCUT2D eigenvalue weighted by Gasteiger charge is 2.43.